The fraction of sp³-hybridized carbons (Fsp3) is 0.900. The Morgan fingerprint density at radius 3 is 1.07 bits per heavy atom. The van der Waals surface area contributed by atoms with Gasteiger partial charge in [0.15, 0.2) is 0 Å². The van der Waals surface area contributed by atoms with Crippen molar-refractivity contribution < 1.29 is 84.0 Å². The molecule has 7 heteroatoms. The topological polar surface area (TPSA) is 100 Å². The van der Waals surface area contributed by atoms with Crippen molar-refractivity contribution in [2.24, 2.45) is 0 Å². The maximum absolute atomic E-state index is 10.2. The molecule has 0 aromatic rings. The first-order chi connectivity index (χ1) is 12.0. The van der Waals surface area contributed by atoms with Gasteiger partial charge >= 0.3 is 59.1 Å². The summed E-state index contributed by atoms with van der Waals surface area (Å²) in [5.41, 5.74) is 0. The van der Waals surface area contributed by atoms with Gasteiger partial charge in [-0.05, 0) is 12.8 Å². The monoisotopic (exact) mass is 404 g/mol. The number of aliphatic hydroxyl groups is 1. The molecule has 0 unspecified atom stereocenters. The second-order valence-electron chi connectivity index (χ2n) is 6.60. The van der Waals surface area contributed by atoms with Gasteiger partial charge in [-0.3, -0.25) is 0 Å². The second kappa shape index (κ2) is 31.6. The molecule has 0 aliphatic rings. The van der Waals surface area contributed by atoms with Crippen molar-refractivity contribution in [3.8, 4) is 0 Å². The maximum atomic E-state index is 10.2. The van der Waals surface area contributed by atoms with Gasteiger partial charge < -0.3 is 24.9 Å². The molecule has 0 heterocycles. The summed E-state index contributed by atoms with van der Waals surface area (Å²) in [6, 6.07) is 0. The van der Waals surface area contributed by atoms with Crippen LogP contribution in [0.15, 0.2) is 0 Å². The molecular formula is C20H38Na2O5. The zero-order chi connectivity index (χ0) is 19.2. The first-order valence-corrected chi connectivity index (χ1v) is 10.0. The minimum Gasteiger partial charge on any atom is -0.550 e. The Morgan fingerprint density at radius 1 is 0.593 bits per heavy atom. The molecule has 0 aromatic carbocycles. The molecule has 5 nitrogen and oxygen atoms in total. The summed E-state index contributed by atoms with van der Waals surface area (Å²) in [5, 5.41) is 26.7. The Bertz CT molecular complexity index is 302. The van der Waals surface area contributed by atoms with Gasteiger partial charge in [-0.1, -0.05) is 96.8 Å². The molecule has 27 heavy (non-hydrogen) atoms. The Morgan fingerprint density at radius 2 is 0.852 bits per heavy atom. The van der Waals surface area contributed by atoms with Crippen LogP contribution in [0.5, 0.6) is 0 Å². The Kier molecular flexibility index (Phi) is 41.4. The second-order valence-corrected chi connectivity index (χ2v) is 6.60. The summed E-state index contributed by atoms with van der Waals surface area (Å²) >= 11 is 0. The van der Waals surface area contributed by atoms with E-state index < -0.39 is 18.5 Å². The Labute approximate surface area is 210 Å². The van der Waals surface area contributed by atoms with Crippen LogP contribution in [0.4, 0.5) is 0 Å². The van der Waals surface area contributed by atoms with Gasteiger partial charge in [-0.15, -0.1) is 0 Å². The molecule has 0 amide bonds. The summed E-state index contributed by atoms with van der Waals surface area (Å²) in [6.07, 6.45) is 19.9. The summed E-state index contributed by atoms with van der Waals surface area (Å²) in [6.45, 7) is 1.38. The number of aliphatic carboxylic acids is 2. The third-order valence-corrected chi connectivity index (χ3v) is 4.11. The quantitative estimate of drug-likeness (QED) is 0.203. The van der Waals surface area contributed by atoms with Crippen LogP contribution in [0.2, 0.25) is 0 Å². The summed E-state index contributed by atoms with van der Waals surface area (Å²) in [5.74, 6) is -2.34. The van der Waals surface area contributed by atoms with E-state index in [-0.39, 0.29) is 65.5 Å². The SMILES string of the molecule is CCCCCCCCCCCCCCCCCC(=O)[O-].O=C([O-])CO.[Na+].[Na+]. The molecule has 0 atom stereocenters. The molecule has 0 bridgehead atoms. The molecule has 1 N–H and O–H groups in total. The van der Waals surface area contributed by atoms with Gasteiger partial charge in [0.2, 0.25) is 0 Å². The first kappa shape index (κ1) is 35.3. The van der Waals surface area contributed by atoms with Crippen LogP contribution in [0.25, 0.3) is 0 Å². The van der Waals surface area contributed by atoms with Gasteiger partial charge in [-0.2, -0.15) is 0 Å². The maximum Gasteiger partial charge on any atom is 1.00 e. The summed E-state index contributed by atoms with van der Waals surface area (Å²) < 4.78 is 0. The number of hydrogen-bond donors (Lipinski definition) is 1. The van der Waals surface area contributed by atoms with E-state index in [2.05, 4.69) is 6.92 Å². The van der Waals surface area contributed by atoms with E-state index >= 15 is 0 Å². The van der Waals surface area contributed by atoms with Crippen LogP contribution in [0.3, 0.4) is 0 Å². The van der Waals surface area contributed by atoms with Crippen molar-refractivity contribution in [1.29, 1.82) is 0 Å². The van der Waals surface area contributed by atoms with E-state index in [9.17, 15) is 9.90 Å². The van der Waals surface area contributed by atoms with Gasteiger partial charge in [0.25, 0.3) is 0 Å². The summed E-state index contributed by atoms with van der Waals surface area (Å²) in [7, 11) is 0. The van der Waals surface area contributed by atoms with E-state index in [0.717, 1.165) is 12.8 Å². The van der Waals surface area contributed by atoms with E-state index in [0.29, 0.717) is 0 Å². The number of unbranched alkanes of at least 4 members (excludes halogenated alkanes) is 14. The average Bonchev–Trinajstić information content (AvgIpc) is 2.58. The fourth-order valence-corrected chi connectivity index (χ4v) is 2.64. The van der Waals surface area contributed by atoms with Gasteiger partial charge in [0.1, 0.15) is 0 Å². The van der Waals surface area contributed by atoms with Crippen LogP contribution < -0.4 is 69.3 Å². The number of carboxylic acid groups (broad SMARTS) is 2. The van der Waals surface area contributed by atoms with Crippen LogP contribution in [-0.4, -0.2) is 23.7 Å². The molecule has 0 radical (unpaired) electrons. The average molecular weight is 404 g/mol. The molecule has 0 rings (SSSR count). The molecule has 0 saturated carbocycles. The predicted molar refractivity (Wildman–Crippen MR) is 96.6 cm³/mol. The third-order valence-electron chi connectivity index (χ3n) is 4.11. The number of rotatable bonds is 17. The predicted octanol–water partition coefficient (Wildman–Crippen LogP) is -3.27. The minimum absolute atomic E-state index is 0. The van der Waals surface area contributed by atoms with Crippen molar-refractivity contribution in [3.63, 3.8) is 0 Å². The van der Waals surface area contributed by atoms with E-state index in [1.807, 2.05) is 0 Å². The van der Waals surface area contributed by atoms with Crippen LogP contribution in [-0.2, 0) is 9.59 Å². The van der Waals surface area contributed by atoms with Crippen LogP contribution in [0.1, 0.15) is 110 Å². The zero-order valence-electron chi connectivity index (χ0n) is 18.1. The normalized spacial score (nSPS) is 9.41. The van der Waals surface area contributed by atoms with Crippen LogP contribution in [0, 0.1) is 0 Å². The Balaban J connectivity index is -0.000000333. The van der Waals surface area contributed by atoms with E-state index in [4.69, 9.17) is 15.0 Å². The van der Waals surface area contributed by atoms with E-state index in [1.54, 1.807) is 0 Å². The molecule has 0 aliphatic heterocycles. The molecule has 0 spiro atoms. The van der Waals surface area contributed by atoms with Gasteiger partial charge in [0.05, 0.1) is 12.6 Å². The van der Waals surface area contributed by atoms with E-state index in [1.165, 1.54) is 83.5 Å². The molecule has 150 valence electrons. The molecule has 0 fully saturated rings. The van der Waals surface area contributed by atoms with Crippen molar-refractivity contribution >= 4 is 11.9 Å². The largest absolute Gasteiger partial charge is 1.00 e. The van der Waals surface area contributed by atoms with Crippen molar-refractivity contribution in [3.05, 3.63) is 0 Å². The number of aliphatic hydroxyl groups excluding tert-OH is 1. The zero-order valence-corrected chi connectivity index (χ0v) is 22.1. The van der Waals surface area contributed by atoms with Gasteiger partial charge in [-0.25, -0.2) is 0 Å². The molecular weight excluding hydrogens is 366 g/mol. The van der Waals surface area contributed by atoms with Gasteiger partial charge in [0, 0.05) is 5.97 Å². The smallest absolute Gasteiger partial charge is 0.550 e. The minimum atomic E-state index is -1.44. The molecule has 0 aliphatic carbocycles. The van der Waals surface area contributed by atoms with Crippen LogP contribution >= 0.6 is 0 Å². The number of hydrogen-bond acceptors (Lipinski definition) is 5. The standard InChI is InChI=1S/C18H36O2.C2H4O3.2Na/c1-2-3-4-5-6-7-8-9-10-11-12-13-14-15-16-17-18(19)20;3-1-2(4)5;;/h2-17H2,1H3,(H,19,20);3H,1H2,(H,4,5);;/q;;2*+1/p-2. The number of carbonyl (C=O) groups is 2. The van der Waals surface area contributed by atoms with Crippen molar-refractivity contribution in [2.75, 3.05) is 6.61 Å². The third kappa shape index (κ3) is 42.1. The number of carbonyl (C=O) groups excluding carboxylic acids is 2. The molecule has 0 saturated heterocycles. The van der Waals surface area contributed by atoms with Crippen molar-refractivity contribution in [1.82, 2.24) is 0 Å². The van der Waals surface area contributed by atoms with Crippen molar-refractivity contribution in [2.45, 2.75) is 110 Å². The molecule has 0 aromatic heterocycles. The summed E-state index contributed by atoms with van der Waals surface area (Å²) in [4.78, 5) is 19.2. The number of carboxylic acids is 2. The Hall–Kier alpha value is 0.900. The fourth-order valence-electron chi connectivity index (χ4n) is 2.64. The first-order valence-electron chi connectivity index (χ1n) is 10.0.